The molecule has 0 amide bonds. The molecule has 0 aliphatic carbocycles. The lowest BCUT2D eigenvalue weighted by molar-refractivity contribution is 0.293. The number of rotatable bonds is 8. The molecule has 0 radical (unpaired) electrons. The standard InChI is InChI=1S/C13H22FN3O2S/c1-3-6-17(4-2)7-5-16-20(18,19)13-9-11(14)8-12(15)10-13/h8-10,16H,3-7,15H2,1-2H3. The van der Waals surface area contributed by atoms with Crippen LogP contribution in [0.1, 0.15) is 20.3 Å². The van der Waals surface area contributed by atoms with Crippen LogP contribution in [0.2, 0.25) is 0 Å². The number of hydrogen-bond donors (Lipinski definition) is 2. The van der Waals surface area contributed by atoms with Crippen molar-refractivity contribution in [2.45, 2.75) is 25.2 Å². The number of halogens is 1. The predicted molar refractivity (Wildman–Crippen MR) is 78.4 cm³/mol. The van der Waals surface area contributed by atoms with Crippen LogP contribution in [0, 0.1) is 5.82 Å². The van der Waals surface area contributed by atoms with Crippen molar-refractivity contribution in [2.75, 3.05) is 31.9 Å². The second-order valence-electron chi connectivity index (χ2n) is 4.55. The molecule has 1 rings (SSSR count). The molecule has 0 unspecified atom stereocenters. The van der Waals surface area contributed by atoms with Gasteiger partial charge in [0.2, 0.25) is 10.0 Å². The molecule has 1 aromatic rings. The van der Waals surface area contributed by atoms with E-state index in [-0.39, 0.29) is 17.1 Å². The lowest BCUT2D eigenvalue weighted by Gasteiger charge is -2.19. The van der Waals surface area contributed by atoms with Gasteiger partial charge in [0.05, 0.1) is 4.90 Å². The zero-order valence-electron chi connectivity index (χ0n) is 11.9. The highest BCUT2D eigenvalue weighted by Crippen LogP contribution is 2.15. The SMILES string of the molecule is CCCN(CC)CCNS(=O)(=O)c1cc(N)cc(F)c1. The van der Waals surface area contributed by atoms with E-state index in [1.54, 1.807) is 0 Å². The molecule has 0 spiro atoms. The molecular formula is C13H22FN3O2S. The van der Waals surface area contributed by atoms with E-state index in [4.69, 9.17) is 5.73 Å². The number of nitrogens with two attached hydrogens (primary N) is 1. The van der Waals surface area contributed by atoms with Crippen molar-refractivity contribution in [1.82, 2.24) is 9.62 Å². The summed E-state index contributed by atoms with van der Waals surface area (Å²) in [6.07, 6.45) is 1.01. The minimum Gasteiger partial charge on any atom is -0.399 e. The van der Waals surface area contributed by atoms with Crippen LogP contribution in [0.25, 0.3) is 0 Å². The minimum atomic E-state index is -3.72. The van der Waals surface area contributed by atoms with E-state index in [2.05, 4.69) is 16.5 Å². The Morgan fingerprint density at radius 2 is 1.95 bits per heavy atom. The maximum atomic E-state index is 13.2. The number of nitrogen functional groups attached to an aromatic ring is 1. The quantitative estimate of drug-likeness (QED) is 0.712. The van der Waals surface area contributed by atoms with Gasteiger partial charge in [-0.2, -0.15) is 0 Å². The number of sulfonamides is 1. The fraction of sp³-hybridized carbons (Fsp3) is 0.538. The molecule has 7 heteroatoms. The summed E-state index contributed by atoms with van der Waals surface area (Å²) in [6, 6.07) is 3.29. The van der Waals surface area contributed by atoms with Gasteiger partial charge in [-0.05, 0) is 37.7 Å². The van der Waals surface area contributed by atoms with Gasteiger partial charge in [-0.3, -0.25) is 0 Å². The number of anilines is 1. The molecule has 0 aliphatic rings. The molecule has 1 aromatic carbocycles. The Kier molecular flexibility index (Phi) is 6.38. The van der Waals surface area contributed by atoms with Crippen LogP contribution in [0.15, 0.2) is 23.1 Å². The zero-order chi connectivity index (χ0) is 15.2. The van der Waals surface area contributed by atoms with E-state index >= 15 is 0 Å². The molecule has 0 aliphatic heterocycles. The van der Waals surface area contributed by atoms with E-state index in [9.17, 15) is 12.8 Å². The van der Waals surface area contributed by atoms with Gasteiger partial charge in [-0.15, -0.1) is 0 Å². The average molecular weight is 303 g/mol. The maximum Gasteiger partial charge on any atom is 0.240 e. The summed E-state index contributed by atoms with van der Waals surface area (Å²) < 4.78 is 39.7. The summed E-state index contributed by atoms with van der Waals surface area (Å²) in [5.41, 5.74) is 5.54. The van der Waals surface area contributed by atoms with Crippen LogP contribution in [-0.4, -0.2) is 39.5 Å². The first-order chi connectivity index (χ1) is 9.39. The predicted octanol–water partition coefficient (Wildman–Crippen LogP) is 1.42. The third-order valence-corrected chi connectivity index (χ3v) is 4.35. The molecule has 20 heavy (non-hydrogen) atoms. The smallest absolute Gasteiger partial charge is 0.240 e. The molecular weight excluding hydrogens is 281 g/mol. The molecule has 0 heterocycles. The summed E-state index contributed by atoms with van der Waals surface area (Å²) in [7, 11) is -3.72. The van der Waals surface area contributed by atoms with Crippen LogP contribution in [0.4, 0.5) is 10.1 Å². The van der Waals surface area contributed by atoms with Gasteiger partial charge < -0.3 is 10.6 Å². The van der Waals surface area contributed by atoms with Crippen LogP contribution < -0.4 is 10.5 Å². The summed E-state index contributed by atoms with van der Waals surface area (Å²) in [6.45, 7) is 6.79. The van der Waals surface area contributed by atoms with E-state index in [0.29, 0.717) is 6.54 Å². The van der Waals surface area contributed by atoms with Crippen LogP contribution in [0.3, 0.4) is 0 Å². The highest BCUT2D eigenvalue weighted by molar-refractivity contribution is 7.89. The zero-order valence-corrected chi connectivity index (χ0v) is 12.7. The number of benzene rings is 1. The highest BCUT2D eigenvalue weighted by atomic mass is 32.2. The molecule has 0 aromatic heterocycles. The number of nitrogens with zero attached hydrogens (tertiary/aromatic N) is 1. The second kappa shape index (κ2) is 7.56. The van der Waals surface area contributed by atoms with Crippen molar-refractivity contribution in [3.05, 3.63) is 24.0 Å². The third-order valence-electron chi connectivity index (χ3n) is 2.91. The van der Waals surface area contributed by atoms with Gasteiger partial charge in [-0.1, -0.05) is 13.8 Å². The minimum absolute atomic E-state index is 0.0894. The average Bonchev–Trinajstić information content (AvgIpc) is 2.36. The van der Waals surface area contributed by atoms with E-state index in [1.165, 1.54) is 6.07 Å². The van der Waals surface area contributed by atoms with E-state index in [1.807, 2.05) is 6.92 Å². The molecule has 0 bridgehead atoms. The maximum absolute atomic E-state index is 13.2. The van der Waals surface area contributed by atoms with Gasteiger partial charge in [-0.25, -0.2) is 17.5 Å². The highest BCUT2D eigenvalue weighted by Gasteiger charge is 2.15. The Hall–Kier alpha value is -1.18. The summed E-state index contributed by atoms with van der Waals surface area (Å²) in [5.74, 6) is -0.661. The Morgan fingerprint density at radius 1 is 1.25 bits per heavy atom. The molecule has 5 nitrogen and oxygen atoms in total. The van der Waals surface area contributed by atoms with Crippen molar-refractivity contribution < 1.29 is 12.8 Å². The third kappa shape index (κ3) is 5.07. The van der Waals surface area contributed by atoms with Crippen molar-refractivity contribution in [3.8, 4) is 0 Å². The Bertz CT molecular complexity index is 514. The first-order valence-corrected chi connectivity index (χ1v) is 8.15. The molecule has 0 atom stereocenters. The van der Waals surface area contributed by atoms with E-state index in [0.717, 1.165) is 31.6 Å². The van der Waals surface area contributed by atoms with Crippen molar-refractivity contribution in [1.29, 1.82) is 0 Å². The number of likely N-dealkylation sites (N-methyl/N-ethyl adjacent to an activating group) is 1. The molecule has 0 fully saturated rings. The molecule has 0 saturated carbocycles. The van der Waals surface area contributed by atoms with Gasteiger partial charge in [0.25, 0.3) is 0 Å². The van der Waals surface area contributed by atoms with Crippen molar-refractivity contribution in [2.24, 2.45) is 0 Å². The normalized spacial score (nSPS) is 12.0. The van der Waals surface area contributed by atoms with Gasteiger partial charge in [0.15, 0.2) is 0 Å². The topological polar surface area (TPSA) is 75.4 Å². The largest absolute Gasteiger partial charge is 0.399 e. The van der Waals surface area contributed by atoms with Gasteiger partial charge in [0.1, 0.15) is 5.82 Å². The first kappa shape index (κ1) is 16.9. The Balaban J connectivity index is 2.66. The summed E-state index contributed by atoms with van der Waals surface area (Å²) >= 11 is 0. The fourth-order valence-corrected chi connectivity index (χ4v) is 2.99. The lowest BCUT2D eigenvalue weighted by atomic mass is 10.3. The summed E-state index contributed by atoms with van der Waals surface area (Å²) in [5, 5.41) is 0. The van der Waals surface area contributed by atoms with Gasteiger partial charge >= 0.3 is 0 Å². The van der Waals surface area contributed by atoms with Crippen LogP contribution in [-0.2, 0) is 10.0 Å². The molecule has 0 saturated heterocycles. The fourth-order valence-electron chi connectivity index (χ4n) is 1.91. The monoisotopic (exact) mass is 303 g/mol. The number of nitrogens with one attached hydrogen (secondary N) is 1. The second-order valence-corrected chi connectivity index (χ2v) is 6.32. The number of hydrogen-bond acceptors (Lipinski definition) is 4. The van der Waals surface area contributed by atoms with Crippen molar-refractivity contribution >= 4 is 15.7 Å². The van der Waals surface area contributed by atoms with Gasteiger partial charge in [0, 0.05) is 18.8 Å². The van der Waals surface area contributed by atoms with Crippen LogP contribution >= 0.6 is 0 Å². The summed E-state index contributed by atoms with van der Waals surface area (Å²) in [4.78, 5) is 2.00. The first-order valence-electron chi connectivity index (χ1n) is 6.67. The Labute approximate surface area is 120 Å². The molecule has 114 valence electrons. The van der Waals surface area contributed by atoms with Crippen LogP contribution in [0.5, 0.6) is 0 Å². The lowest BCUT2D eigenvalue weighted by Crippen LogP contribution is -2.35. The van der Waals surface area contributed by atoms with E-state index < -0.39 is 15.8 Å². The Morgan fingerprint density at radius 3 is 2.50 bits per heavy atom. The van der Waals surface area contributed by atoms with Crippen molar-refractivity contribution in [3.63, 3.8) is 0 Å². The molecule has 3 N–H and O–H groups in total.